The number of nitriles is 2. The third-order valence-corrected chi connectivity index (χ3v) is 9.98. The molecule has 196 valence electrons. The van der Waals surface area contributed by atoms with Crippen molar-refractivity contribution in [3.63, 3.8) is 0 Å². The van der Waals surface area contributed by atoms with Crippen LogP contribution in [0.2, 0.25) is 0 Å². The Morgan fingerprint density at radius 2 is 1.06 bits per heavy atom. The summed E-state index contributed by atoms with van der Waals surface area (Å²) < 4.78 is 0. The molecule has 8 nitrogen and oxygen atoms in total. The topological polar surface area (TPSA) is 147 Å². The minimum atomic E-state index is -2.46. The van der Waals surface area contributed by atoms with Crippen LogP contribution in [0.25, 0.3) is 0 Å². The van der Waals surface area contributed by atoms with Gasteiger partial charge in [-0.05, 0) is 0 Å². The van der Waals surface area contributed by atoms with E-state index in [9.17, 15) is 30.3 Å². The fourth-order valence-electron chi connectivity index (χ4n) is 3.21. The average molecular weight is 557 g/mol. The molecule has 0 aliphatic carbocycles. The van der Waals surface area contributed by atoms with Gasteiger partial charge < -0.3 is 0 Å². The first-order chi connectivity index (χ1) is 14.9. The maximum atomic E-state index is 11.8. The van der Waals surface area contributed by atoms with Crippen LogP contribution in [0, 0.1) is 34.5 Å². The normalized spacial score (nSPS) is 20.2. The summed E-state index contributed by atoms with van der Waals surface area (Å²) in [4.78, 5) is 23.7. The summed E-state index contributed by atoms with van der Waals surface area (Å²) >= 11 is 13.1. The van der Waals surface area contributed by atoms with Crippen molar-refractivity contribution in [2.45, 2.75) is 50.6 Å². The van der Waals surface area contributed by atoms with Gasteiger partial charge in [0.15, 0.2) is 0 Å². The fraction of sp³-hybridized carbons (Fsp3) is 0.818. The summed E-state index contributed by atoms with van der Waals surface area (Å²) in [5, 5.41) is 47.0. The van der Waals surface area contributed by atoms with Crippen LogP contribution in [-0.4, -0.2) is 85.5 Å². The van der Waals surface area contributed by atoms with Crippen molar-refractivity contribution in [3.8, 4) is 12.1 Å². The van der Waals surface area contributed by atoms with Gasteiger partial charge in [0.05, 0.1) is 0 Å². The molecule has 0 heterocycles. The van der Waals surface area contributed by atoms with Crippen molar-refractivity contribution in [2.75, 3.05) is 52.3 Å². The summed E-state index contributed by atoms with van der Waals surface area (Å²) in [6.07, 6.45) is 1.43. The van der Waals surface area contributed by atoms with E-state index < -0.39 is 46.8 Å². The van der Waals surface area contributed by atoms with Gasteiger partial charge in [-0.15, -0.1) is 0 Å². The van der Waals surface area contributed by atoms with Crippen LogP contribution in [0.15, 0.2) is 10.2 Å². The van der Waals surface area contributed by atoms with Gasteiger partial charge in [0.2, 0.25) is 0 Å². The zero-order valence-corrected chi connectivity index (χ0v) is 24.8. The molecule has 0 aliphatic heterocycles. The molecule has 0 fully saturated rings. The van der Waals surface area contributed by atoms with Gasteiger partial charge in [-0.3, -0.25) is 0 Å². The Bertz CT molecular complexity index is 809. The molecule has 4 unspecified atom stereocenters. The molecule has 0 saturated carbocycles. The van der Waals surface area contributed by atoms with Crippen LogP contribution in [0.1, 0.15) is 39.5 Å². The molecule has 0 aromatic heterocycles. The first-order valence-corrected chi connectivity index (χ1v) is 20.4. The third-order valence-electron chi connectivity index (χ3n) is 5.43. The van der Waals surface area contributed by atoms with E-state index in [2.05, 4.69) is 10.2 Å². The van der Waals surface area contributed by atoms with Crippen molar-refractivity contribution in [2.24, 2.45) is 22.1 Å². The van der Waals surface area contributed by atoms with Crippen molar-refractivity contribution in [3.05, 3.63) is 0 Å². The molecular weight excluding hydrogens is 517 g/mol. The van der Waals surface area contributed by atoms with Gasteiger partial charge in [0.1, 0.15) is 0 Å². The van der Waals surface area contributed by atoms with Crippen molar-refractivity contribution in [1.29, 1.82) is 10.5 Å². The summed E-state index contributed by atoms with van der Waals surface area (Å²) in [5.41, 5.74) is -2.98. The molecule has 0 aliphatic rings. The molecular formula is C22H40Cl2N4O4P2. The number of azo groups is 1. The van der Waals surface area contributed by atoms with E-state index in [0.717, 1.165) is 0 Å². The first-order valence-electron chi connectivity index (χ1n) is 11.0. The number of carboxylic acids is 2. The molecule has 0 radical (unpaired) electrons. The Morgan fingerprint density at radius 1 is 0.794 bits per heavy atom. The summed E-state index contributed by atoms with van der Waals surface area (Å²) in [7, 11) is 0. The number of rotatable bonds is 14. The summed E-state index contributed by atoms with van der Waals surface area (Å²) in [6.45, 7) is 14.5. The number of hydrogen-bond acceptors (Lipinski definition) is 6. The van der Waals surface area contributed by atoms with E-state index >= 15 is 0 Å². The van der Waals surface area contributed by atoms with Crippen LogP contribution in [0.3, 0.4) is 0 Å². The molecule has 0 amide bonds. The van der Waals surface area contributed by atoms with Crippen LogP contribution >= 0.6 is 34.4 Å². The Kier molecular flexibility index (Phi) is 10.6. The molecule has 0 spiro atoms. The molecule has 34 heavy (non-hydrogen) atoms. The van der Waals surface area contributed by atoms with Gasteiger partial charge in [0, 0.05) is 0 Å². The number of halogens is 2. The second-order valence-electron chi connectivity index (χ2n) is 12.3. The second-order valence-corrected chi connectivity index (χ2v) is 32.4. The standard InChI is InChI=1S/C22H40Cl2N4O4P2/c1-21(15-25,13-17(19(29)30)9-11-33(3,4,5)23)27-28-22(2,16-26)14-18(20(31)32)10-12-34(6,7,8)24/h17-18H,9-14H2,1-8H3,(H,29,30)(H,31,32). The van der Waals surface area contributed by atoms with Gasteiger partial charge >= 0.3 is 214 Å². The quantitative estimate of drug-likeness (QED) is 0.193. The van der Waals surface area contributed by atoms with E-state index in [0.29, 0.717) is 25.2 Å². The minimum absolute atomic E-state index is 0.0992. The number of hydrogen-bond donors (Lipinski definition) is 2. The Hall–Kier alpha value is -1.04. The number of nitrogens with zero attached hydrogens (tertiary/aromatic N) is 4. The molecule has 0 rings (SSSR count). The monoisotopic (exact) mass is 556 g/mol. The average Bonchev–Trinajstić information content (AvgIpc) is 2.64. The van der Waals surface area contributed by atoms with Crippen molar-refractivity contribution in [1.82, 2.24) is 0 Å². The van der Waals surface area contributed by atoms with E-state index in [4.69, 9.17) is 22.5 Å². The number of aliphatic carboxylic acids is 2. The van der Waals surface area contributed by atoms with E-state index in [-0.39, 0.29) is 12.8 Å². The van der Waals surface area contributed by atoms with Gasteiger partial charge in [-0.1, -0.05) is 0 Å². The zero-order valence-electron chi connectivity index (χ0n) is 21.5. The third kappa shape index (κ3) is 14.4. The van der Waals surface area contributed by atoms with Crippen molar-refractivity contribution < 1.29 is 19.8 Å². The first kappa shape index (κ1) is 33.0. The van der Waals surface area contributed by atoms with Crippen molar-refractivity contribution >= 4 is 46.3 Å². The molecule has 0 bridgehead atoms. The predicted molar refractivity (Wildman–Crippen MR) is 144 cm³/mol. The number of carbonyl (C=O) groups is 2. The predicted octanol–water partition coefficient (Wildman–Crippen LogP) is 6.16. The SMILES string of the molecule is CC(C#N)(CC(CCP(C)(C)(C)Cl)C(=O)O)N=NC(C)(C#N)CC(CCP(C)(C)(C)Cl)C(=O)O. The maximum absolute atomic E-state index is 11.8. The summed E-state index contributed by atoms with van der Waals surface area (Å²) in [6, 6.07) is 4.02. The molecule has 0 saturated heterocycles. The van der Waals surface area contributed by atoms with Gasteiger partial charge in [-0.25, -0.2) is 0 Å². The Labute approximate surface area is 213 Å². The van der Waals surface area contributed by atoms with E-state index in [1.165, 1.54) is 13.8 Å². The van der Waals surface area contributed by atoms with Crippen LogP contribution in [0.5, 0.6) is 0 Å². The zero-order chi connectivity index (χ0) is 27.3. The van der Waals surface area contributed by atoms with Crippen LogP contribution in [-0.2, 0) is 9.59 Å². The number of carboxylic acid groups (broad SMARTS) is 2. The van der Waals surface area contributed by atoms with Gasteiger partial charge in [-0.2, -0.15) is 0 Å². The van der Waals surface area contributed by atoms with Crippen LogP contribution < -0.4 is 0 Å². The van der Waals surface area contributed by atoms with Gasteiger partial charge in [0.25, 0.3) is 0 Å². The van der Waals surface area contributed by atoms with E-state index in [1.54, 1.807) is 0 Å². The molecule has 4 atom stereocenters. The Morgan fingerprint density at radius 3 is 1.24 bits per heavy atom. The molecule has 0 aromatic carbocycles. The fourth-order valence-corrected chi connectivity index (χ4v) is 6.16. The summed E-state index contributed by atoms with van der Waals surface area (Å²) in [5.74, 6) is -8.75. The Balaban J connectivity index is 5.71. The molecule has 2 N–H and O–H groups in total. The molecule has 12 heteroatoms. The van der Waals surface area contributed by atoms with Crippen LogP contribution in [0.4, 0.5) is 0 Å². The second kappa shape index (κ2) is 10.9. The molecule has 0 aromatic rings. The van der Waals surface area contributed by atoms with E-state index in [1.807, 2.05) is 52.1 Å².